The summed E-state index contributed by atoms with van der Waals surface area (Å²) in [6, 6.07) is 35.1. The van der Waals surface area contributed by atoms with Gasteiger partial charge in [0.15, 0.2) is 0 Å². The van der Waals surface area contributed by atoms with E-state index in [2.05, 4.69) is 135 Å². The van der Waals surface area contributed by atoms with Crippen molar-refractivity contribution in [2.75, 3.05) is 0 Å². The summed E-state index contributed by atoms with van der Waals surface area (Å²) in [7, 11) is 0. The zero-order chi connectivity index (χ0) is 21.9. The molecule has 0 fully saturated rings. The second-order valence-corrected chi connectivity index (χ2v) is 8.55. The normalized spacial score (nSPS) is 11.8. The minimum absolute atomic E-state index is 1.20. The van der Waals surface area contributed by atoms with Gasteiger partial charge in [-0.05, 0) is 69.8 Å². The SMILES string of the molecule is Cc1ccc2cc(/C=C/c3ccc(/C=C/c4ccc5ccc(C)cc5c4)cc3)ccc2c1. The van der Waals surface area contributed by atoms with Gasteiger partial charge in [0.2, 0.25) is 0 Å². The molecule has 0 heterocycles. The van der Waals surface area contributed by atoms with Gasteiger partial charge in [-0.15, -0.1) is 0 Å². The minimum atomic E-state index is 1.20. The van der Waals surface area contributed by atoms with Gasteiger partial charge in [-0.3, -0.25) is 0 Å². The van der Waals surface area contributed by atoms with Gasteiger partial charge in [-0.2, -0.15) is 0 Å². The maximum Gasteiger partial charge on any atom is -0.0175 e. The highest BCUT2D eigenvalue weighted by Crippen LogP contribution is 2.21. The van der Waals surface area contributed by atoms with Crippen LogP contribution in [0.25, 0.3) is 45.8 Å². The van der Waals surface area contributed by atoms with Gasteiger partial charge in [0.1, 0.15) is 0 Å². The number of hydrogen-bond donors (Lipinski definition) is 0. The van der Waals surface area contributed by atoms with Crippen molar-refractivity contribution in [1.82, 2.24) is 0 Å². The maximum atomic E-state index is 2.25. The van der Waals surface area contributed by atoms with Crippen molar-refractivity contribution < 1.29 is 0 Å². The van der Waals surface area contributed by atoms with Gasteiger partial charge in [-0.1, -0.05) is 120 Å². The Balaban J connectivity index is 1.30. The standard InChI is InChI=1S/C32H26/c1-23-4-16-31-21-27(14-18-30(31)19-23)11-9-25-5-7-26(8-6-25)10-12-28-13-17-29-15-3-24(2)20-32(29)22-28/h3-22H,1-2H3/b11-9+,12-10+. The van der Waals surface area contributed by atoms with Crippen molar-refractivity contribution in [2.45, 2.75) is 13.8 Å². The summed E-state index contributed by atoms with van der Waals surface area (Å²) in [6.45, 7) is 4.27. The lowest BCUT2D eigenvalue weighted by atomic mass is 10.0. The first kappa shape index (κ1) is 20.0. The molecular formula is C32H26. The molecule has 154 valence electrons. The van der Waals surface area contributed by atoms with Crippen LogP contribution in [0.4, 0.5) is 0 Å². The third-order valence-corrected chi connectivity index (χ3v) is 5.91. The average molecular weight is 411 g/mol. The molecule has 0 aliphatic carbocycles. The minimum Gasteiger partial charge on any atom is -0.0587 e. The summed E-state index contributed by atoms with van der Waals surface area (Å²) < 4.78 is 0. The van der Waals surface area contributed by atoms with E-state index >= 15 is 0 Å². The van der Waals surface area contributed by atoms with Crippen LogP contribution in [0.3, 0.4) is 0 Å². The Kier molecular flexibility index (Phi) is 5.44. The van der Waals surface area contributed by atoms with Crippen LogP contribution in [0, 0.1) is 13.8 Å². The van der Waals surface area contributed by atoms with E-state index in [1.807, 2.05) is 0 Å². The molecule has 0 radical (unpaired) electrons. The number of fused-ring (bicyclic) bond motifs is 2. The second-order valence-electron chi connectivity index (χ2n) is 8.55. The van der Waals surface area contributed by atoms with Crippen molar-refractivity contribution in [3.8, 4) is 0 Å². The molecule has 5 rings (SSSR count). The molecule has 0 saturated carbocycles. The second kappa shape index (κ2) is 8.69. The highest BCUT2D eigenvalue weighted by molar-refractivity contribution is 5.87. The molecule has 0 spiro atoms. The van der Waals surface area contributed by atoms with Gasteiger partial charge < -0.3 is 0 Å². The predicted molar refractivity (Wildman–Crippen MR) is 142 cm³/mol. The number of aryl methyl sites for hydroxylation is 2. The van der Waals surface area contributed by atoms with Crippen molar-refractivity contribution in [1.29, 1.82) is 0 Å². The smallest absolute Gasteiger partial charge is 0.0175 e. The van der Waals surface area contributed by atoms with Crippen LogP contribution in [-0.2, 0) is 0 Å². The van der Waals surface area contributed by atoms with Gasteiger partial charge >= 0.3 is 0 Å². The third kappa shape index (κ3) is 4.55. The molecule has 0 N–H and O–H groups in total. The fourth-order valence-corrected chi connectivity index (χ4v) is 4.08. The maximum absolute atomic E-state index is 2.25. The Bertz CT molecular complexity index is 1460. The molecule has 0 nitrogen and oxygen atoms in total. The number of hydrogen-bond acceptors (Lipinski definition) is 0. The zero-order valence-electron chi connectivity index (χ0n) is 18.5. The molecule has 32 heavy (non-hydrogen) atoms. The molecule has 5 aromatic carbocycles. The van der Waals surface area contributed by atoms with Gasteiger partial charge in [0, 0.05) is 0 Å². The van der Waals surface area contributed by atoms with E-state index in [9.17, 15) is 0 Å². The fraction of sp³-hybridized carbons (Fsp3) is 0.0625. The summed E-state index contributed by atoms with van der Waals surface area (Å²) in [6.07, 6.45) is 8.72. The molecule has 0 heteroatoms. The molecule has 5 aromatic rings. The lowest BCUT2D eigenvalue weighted by molar-refractivity contribution is 1.50. The van der Waals surface area contributed by atoms with Crippen molar-refractivity contribution in [3.63, 3.8) is 0 Å². The zero-order valence-corrected chi connectivity index (χ0v) is 18.5. The van der Waals surface area contributed by atoms with E-state index < -0.39 is 0 Å². The molecule has 0 atom stereocenters. The fourth-order valence-electron chi connectivity index (χ4n) is 4.08. The van der Waals surface area contributed by atoms with E-state index in [1.165, 1.54) is 54.9 Å². The average Bonchev–Trinajstić information content (AvgIpc) is 2.81. The van der Waals surface area contributed by atoms with Crippen LogP contribution in [0.2, 0.25) is 0 Å². The van der Waals surface area contributed by atoms with Crippen molar-refractivity contribution in [3.05, 3.63) is 130 Å². The van der Waals surface area contributed by atoms with Crippen molar-refractivity contribution in [2.24, 2.45) is 0 Å². The van der Waals surface area contributed by atoms with E-state index in [-0.39, 0.29) is 0 Å². The summed E-state index contributed by atoms with van der Waals surface area (Å²) in [5.74, 6) is 0. The third-order valence-electron chi connectivity index (χ3n) is 5.91. The van der Waals surface area contributed by atoms with Crippen LogP contribution in [0.15, 0.2) is 97.1 Å². The summed E-state index contributed by atoms with van der Waals surface area (Å²) >= 11 is 0. The highest BCUT2D eigenvalue weighted by atomic mass is 14.0. The van der Waals surface area contributed by atoms with E-state index in [0.29, 0.717) is 0 Å². The van der Waals surface area contributed by atoms with Crippen LogP contribution in [0.1, 0.15) is 33.4 Å². The summed E-state index contributed by atoms with van der Waals surface area (Å²) in [5.41, 5.74) is 7.43. The number of rotatable bonds is 4. The molecular weight excluding hydrogens is 384 g/mol. The van der Waals surface area contributed by atoms with Gasteiger partial charge in [-0.25, -0.2) is 0 Å². The molecule has 0 aliphatic rings. The first-order valence-electron chi connectivity index (χ1n) is 11.1. The van der Waals surface area contributed by atoms with E-state index in [0.717, 1.165) is 0 Å². The molecule has 0 aliphatic heterocycles. The molecule has 0 aromatic heterocycles. The van der Waals surface area contributed by atoms with Crippen LogP contribution in [-0.4, -0.2) is 0 Å². The molecule has 0 bridgehead atoms. The van der Waals surface area contributed by atoms with E-state index in [4.69, 9.17) is 0 Å². The number of benzene rings is 5. The highest BCUT2D eigenvalue weighted by Gasteiger charge is 1.97. The topological polar surface area (TPSA) is 0 Å². The summed E-state index contributed by atoms with van der Waals surface area (Å²) in [5, 5.41) is 5.14. The van der Waals surface area contributed by atoms with Gasteiger partial charge in [0.05, 0.1) is 0 Å². The van der Waals surface area contributed by atoms with Gasteiger partial charge in [0.25, 0.3) is 0 Å². The Morgan fingerprint density at radius 1 is 0.344 bits per heavy atom. The monoisotopic (exact) mass is 410 g/mol. The van der Waals surface area contributed by atoms with Crippen LogP contribution in [0.5, 0.6) is 0 Å². The Morgan fingerprint density at radius 3 is 1.34 bits per heavy atom. The lowest BCUT2D eigenvalue weighted by Crippen LogP contribution is -1.79. The first-order valence-corrected chi connectivity index (χ1v) is 11.1. The largest absolute Gasteiger partial charge is 0.0587 e. The molecule has 0 unspecified atom stereocenters. The molecule has 0 amide bonds. The lowest BCUT2D eigenvalue weighted by Gasteiger charge is -2.02. The Hall–Kier alpha value is -3.90. The first-order chi connectivity index (χ1) is 15.6. The Labute approximate surface area is 190 Å². The summed E-state index contributed by atoms with van der Waals surface area (Å²) in [4.78, 5) is 0. The quantitative estimate of drug-likeness (QED) is 0.259. The Morgan fingerprint density at radius 2 is 0.719 bits per heavy atom. The van der Waals surface area contributed by atoms with Crippen LogP contribution >= 0.6 is 0 Å². The predicted octanol–water partition coefficient (Wildman–Crippen LogP) is 8.95. The van der Waals surface area contributed by atoms with E-state index in [1.54, 1.807) is 0 Å². The van der Waals surface area contributed by atoms with Crippen LogP contribution < -0.4 is 0 Å². The van der Waals surface area contributed by atoms with Crippen molar-refractivity contribution >= 4 is 45.8 Å². The molecule has 0 saturated heterocycles.